The molecule has 0 rings (SSSR count). The van der Waals surface area contributed by atoms with Gasteiger partial charge in [-0.3, -0.25) is 4.79 Å². The molecule has 0 aliphatic heterocycles. The van der Waals surface area contributed by atoms with Gasteiger partial charge in [-0.25, -0.2) is 0 Å². The first-order valence-corrected chi connectivity index (χ1v) is 4.25. The van der Waals surface area contributed by atoms with Gasteiger partial charge in [0.1, 0.15) is 0 Å². The average molecular weight is 157 g/mol. The zero-order valence-corrected chi connectivity index (χ0v) is 7.98. The average Bonchev–Trinajstić information content (AvgIpc) is 1.86. The van der Waals surface area contributed by atoms with Crippen LogP contribution in [0.1, 0.15) is 40.5 Å². The van der Waals surface area contributed by atoms with Crippen molar-refractivity contribution in [2.24, 2.45) is 11.7 Å². The van der Waals surface area contributed by atoms with Gasteiger partial charge in [0.05, 0.1) is 5.54 Å². The third-order valence-corrected chi connectivity index (χ3v) is 1.86. The van der Waals surface area contributed by atoms with Gasteiger partial charge in [-0.05, 0) is 13.3 Å². The fraction of sp³-hybridized carbons (Fsp3) is 0.889. The van der Waals surface area contributed by atoms with Crippen molar-refractivity contribution in [3.63, 3.8) is 0 Å². The van der Waals surface area contributed by atoms with E-state index in [0.29, 0.717) is 0 Å². The van der Waals surface area contributed by atoms with E-state index < -0.39 is 5.54 Å². The van der Waals surface area contributed by atoms with Crippen molar-refractivity contribution < 1.29 is 4.79 Å². The van der Waals surface area contributed by atoms with Gasteiger partial charge >= 0.3 is 0 Å². The summed E-state index contributed by atoms with van der Waals surface area (Å²) in [5.41, 5.74) is 5.21. The Balaban J connectivity index is 4.17. The van der Waals surface area contributed by atoms with Crippen LogP contribution in [-0.2, 0) is 4.79 Å². The molecular formula is C9H19NO. The molecule has 0 spiro atoms. The number of carbonyl (C=O) groups excluding carboxylic acids is 1. The smallest absolute Gasteiger partial charge is 0.154 e. The van der Waals surface area contributed by atoms with Crippen LogP contribution in [-0.4, -0.2) is 11.3 Å². The monoisotopic (exact) mass is 157 g/mol. The largest absolute Gasteiger partial charge is 0.319 e. The van der Waals surface area contributed by atoms with Crippen LogP contribution < -0.4 is 5.73 Å². The van der Waals surface area contributed by atoms with Gasteiger partial charge in [-0.15, -0.1) is 0 Å². The summed E-state index contributed by atoms with van der Waals surface area (Å²) in [4.78, 5) is 11.4. The highest BCUT2D eigenvalue weighted by molar-refractivity contribution is 5.89. The molecule has 0 saturated carbocycles. The van der Waals surface area contributed by atoms with Crippen LogP contribution >= 0.6 is 0 Å². The summed E-state index contributed by atoms with van der Waals surface area (Å²) in [6.45, 7) is 7.64. The Kier molecular flexibility index (Phi) is 3.73. The van der Waals surface area contributed by atoms with E-state index in [-0.39, 0.29) is 11.7 Å². The quantitative estimate of drug-likeness (QED) is 0.675. The number of hydrogen-bond acceptors (Lipinski definition) is 2. The van der Waals surface area contributed by atoms with E-state index in [1.54, 1.807) is 0 Å². The Labute approximate surface area is 69.2 Å². The van der Waals surface area contributed by atoms with Crippen LogP contribution in [0.2, 0.25) is 0 Å². The molecule has 2 N–H and O–H groups in total. The van der Waals surface area contributed by atoms with Crippen LogP contribution in [0, 0.1) is 5.92 Å². The lowest BCUT2D eigenvalue weighted by molar-refractivity contribution is -0.126. The Morgan fingerprint density at radius 1 is 1.55 bits per heavy atom. The molecule has 2 nitrogen and oxygen atoms in total. The van der Waals surface area contributed by atoms with Gasteiger partial charge in [0.25, 0.3) is 0 Å². The maximum atomic E-state index is 11.4. The minimum absolute atomic E-state index is 0.0524. The number of carbonyl (C=O) groups is 1. The van der Waals surface area contributed by atoms with Gasteiger partial charge in [-0.1, -0.05) is 27.2 Å². The molecule has 0 amide bonds. The highest BCUT2D eigenvalue weighted by atomic mass is 16.1. The Bertz CT molecular complexity index is 138. The van der Waals surface area contributed by atoms with Crippen LogP contribution in [0.25, 0.3) is 0 Å². The lowest BCUT2D eigenvalue weighted by atomic mass is 9.86. The molecular weight excluding hydrogens is 138 g/mol. The van der Waals surface area contributed by atoms with Crippen molar-refractivity contribution in [1.82, 2.24) is 0 Å². The zero-order valence-electron chi connectivity index (χ0n) is 7.98. The molecule has 0 bridgehead atoms. The van der Waals surface area contributed by atoms with E-state index >= 15 is 0 Å². The molecule has 0 aliphatic rings. The van der Waals surface area contributed by atoms with Crippen molar-refractivity contribution in [1.29, 1.82) is 0 Å². The molecule has 0 aliphatic carbocycles. The van der Waals surface area contributed by atoms with E-state index in [9.17, 15) is 4.79 Å². The topological polar surface area (TPSA) is 43.1 Å². The van der Waals surface area contributed by atoms with Gasteiger partial charge in [0.15, 0.2) is 5.78 Å². The van der Waals surface area contributed by atoms with Gasteiger partial charge in [0.2, 0.25) is 0 Å². The first kappa shape index (κ1) is 10.6. The molecule has 0 aromatic rings. The predicted molar refractivity (Wildman–Crippen MR) is 47.3 cm³/mol. The van der Waals surface area contributed by atoms with Crippen molar-refractivity contribution in [2.45, 2.75) is 46.1 Å². The van der Waals surface area contributed by atoms with E-state index in [1.807, 2.05) is 27.7 Å². The van der Waals surface area contributed by atoms with Gasteiger partial charge in [0, 0.05) is 5.92 Å². The molecule has 0 aromatic carbocycles. The minimum atomic E-state index is -0.608. The first-order valence-electron chi connectivity index (χ1n) is 4.25. The standard InChI is InChI=1S/C9H19NO/c1-5-6-9(4,10)8(11)7(2)3/h7H,5-6,10H2,1-4H3. The third-order valence-electron chi connectivity index (χ3n) is 1.86. The summed E-state index contributed by atoms with van der Waals surface area (Å²) in [5.74, 6) is 0.218. The summed E-state index contributed by atoms with van der Waals surface area (Å²) in [6.07, 6.45) is 1.75. The summed E-state index contributed by atoms with van der Waals surface area (Å²) in [6, 6.07) is 0. The number of hydrogen-bond donors (Lipinski definition) is 1. The van der Waals surface area contributed by atoms with Crippen LogP contribution in [0.4, 0.5) is 0 Å². The van der Waals surface area contributed by atoms with E-state index in [4.69, 9.17) is 5.73 Å². The molecule has 0 fully saturated rings. The molecule has 0 heterocycles. The maximum absolute atomic E-state index is 11.4. The van der Waals surface area contributed by atoms with E-state index in [2.05, 4.69) is 0 Å². The molecule has 0 aromatic heterocycles. The third kappa shape index (κ3) is 3.02. The normalized spacial score (nSPS) is 16.5. The summed E-state index contributed by atoms with van der Waals surface area (Å²) < 4.78 is 0. The lowest BCUT2D eigenvalue weighted by Gasteiger charge is -2.24. The number of Topliss-reactive ketones (excluding diaryl/α,β-unsaturated/α-hetero) is 1. The zero-order chi connectivity index (χ0) is 9.07. The lowest BCUT2D eigenvalue weighted by Crippen LogP contribution is -2.46. The number of nitrogens with two attached hydrogens (primary N) is 1. The second-order valence-corrected chi connectivity index (χ2v) is 3.69. The van der Waals surface area contributed by atoms with E-state index in [0.717, 1.165) is 12.8 Å². The fourth-order valence-corrected chi connectivity index (χ4v) is 1.30. The number of ketones is 1. The second-order valence-electron chi connectivity index (χ2n) is 3.69. The number of rotatable bonds is 4. The molecule has 11 heavy (non-hydrogen) atoms. The Morgan fingerprint density at radius 3 is 2.27 bits per heavy atom. The van der Waals surface area contributed by atoms with Crippen molar-refractivity contribution in [2.75, 3.05) is 0 Å². The van der Waals surface area contributed by atoms with Crippen LogP contribution in [0.3, 0.4) is 0 Å². The summed E-state index contributed by atoms with van der Waals surface area (Å²) in [5, 5.41) is 0. The fourth-order valence-electron chi connectivity index (χ4n) is 1.30. The van der Waals surface area contributed by atoms with Gasteiger partial charge < -0.3 is 5.73 Å². The predicted octanol–water partition coefficient (Wildman–Crippen LogP) is 1.73. The maximum Gasteiger partial charge on any atom is 0.154 e. The molecule has 0 radical (unpaired) electrons. The van der Waals surface area contributed by atoms with Crippen LogP contribution in [0.5, 0.6) is 0 Å². The minimum Gasteiger partial charge on any atom is -0.319 e. The first-order chi connectivity index (χ1) is 4.91. The molecule has 2 heteroatoms. The molecule has 66 valence electrons. The molecule has 0 saturated heterocycles. The van der Waals surface area contributed by atoms with Crippen molar-refractivity contribution in [3.8, 4) is 0 Å². The highest BCUT2D eigenvalue weighted by Crippen LogP contribution is 2.14. The molecule has 1 atom stereocenters. The SMILES string of the molecule is CCCC(C)(N)C(=O)C(C)C. The molecule has 1 unspecified atom stereocenters. The van der Waals surface area contributed by atoms with Crippen molar-refractivity contribution >= 4 is 5.78 Å². The summed E-state index contributed by atoms with van der Waals surface area (Å²) in [7, 11) is 0. The highest BCUT2D eigenvalue weighted by Gasteiger charge is 2.28. The van der Waals surface area contributed by atoms with E-state index in [1.165, 1.54) is 0 Å². The summed E-state index contributed by atoms with van der Waals surface area (Å²) >= 11 is 0. The Morgan fingerprint density at radius 2 is 2.00 bits per heavy atom. The van der Waals surface area contributed by atoms with Gasteiger partial charge in [-0.2, -0.15) is 0 Å². The van der Waals surface area contributed by atoms with Crippen molar-refractivity contribution in [3.05, 3.63) is 0 Å². The Hall–Kier alpha value is -0.370. The van der Waals surface area contributed by atoms with Crippen LogP contribution in [0.15, 0.2) is 0 Å². The second kappa shape index (κ2) is 3.86.